The lowest BCUT2D eigenvalue weighted by molar-refractivity contribution is 0.0625. The van der Waals surface area contributed by atoms with Crippen LogP contribution >= 0.6 is 0 Å². The highest BCUT2D eigenvalue weighted by molar-refractivity contribution is 7.93. The third kappa shape index (κ3) is 13.6. The first-order valence-corrected chi connectivity index (χ1v) is 27.0. The van der Waals surface area contributed by atoms with Crippen molar-refractivity contribution in [1.29, 1.82) is 0 Å². The molecule has 2 aliphatic carbocycles. The number of sulfonamides is 2. The highest BCUT2D eigenvalue weighted by Crippen LogP contribution is 2.31. The second-order valence-electron chi connectivity index (χ2n) is 17.5. The minimum absolute atomic E-state index is 0.0104. The topological polar surface area (TPSA) is 240 Å². The standard InChI is InChI=1S/2C24H26N4O3S.H2O4S/c2*29-24(28-15-13-27(14-16-28)17-18-6-7-18)20-8-10-21(11-9-20)26-32(30,31)22-5-1-3-19-4-2-12-25-23(19)22;1-5(2,3)4/h2*1-5,8-12,18,26H,6-7,13-17H2;(H2,1,2,3,4). The Labute approximate surface area is 402 Å². The molecule has 0 bridgehead atoms. The van der Waals surface area contributed by atoms with Crippen LogP contribution in [0.2, 0.25) is 0 Å². The van der Waals surface area contributed by atoms with Crippen molar-refractivity contribution in [2.24, 2.45) is 11.8 Å². The number of hydrogen-bond donors (Lipinski definition) is 4. The Bertz CT molecular complexity index is 2910. The van der Waals surface area contributed by atoms with Crippen molar-refractivity contribution >= 4 is 75.4 Å². The first-order valence-electron chi connectivity index (χ1n) is 22.7. The molecule has 0 spiro atoms. The van der Waals surface area contributed by atoms with E-state index in [1.54, 1.807) is 97.3 Å². The molecule has 2 saturated carbocycles. The van der Waals surface area contributed by atoms with E-state index < -0.39 is 30.4 Å². The van der Waals surface area contributed by atoms with Gasteiger partial charge in [-0.25, -0.2) is 16.8 Å². The molecule has 0 atom stereocenters. The van der Waals surface area contributed by atoms with Gasteiger partial charge in [0.05, 0.1) is 11.0 Å². The van der Waals surface area contributed by atoms with Crippen molar-refractivity contribution in [3.8, 4) is 0 Å². The van der Waals surface area contributed by atoms with Gasteiger partial charge in [-0.2, -0.15) is 8.42 Å². The minimum atomic E-state index is -4.67. The summed E-state index contributed by atoms with van der Waals surface area (Å²) in [7, 11) is -12.3. The quantitative estimate of drug-likeness (QED) is 0.107. The zero-order valence-electron chi connectivity index (χ0n) is 37.7. The van der Waals surface area contributed by atoms with Gasteiger partial charge < -0.3 is 9.80 Å². The molecule has 0 radical (unpaired) electrons. The van der Waals surface area contributed by atoms with Gasteiger partial charge in [0.25, 0.3) is 31.9 Å². The predicted molar refractivity (Wildman–Crippen MR) is 262 cm³/mol. The number of carbonyl (C=O) groups is 2. The zero-order chi connectivity index (χ0) is 48.8. The van der Waals surface area contributed by atoms with Crippen LogP contribution in [0.5, 0.6) is 0 Å². The van der Waals surface area contributed by atoms with Gasteiger partial charge in [0.15, 0.2) is 0 Å². The normalized spacial score (nSPS) is 17.0. The summed E-state index contributed by atoms with van der Waals surface area (Å²) >= 11 is 0. The van der Waals surface area contributed by atoms with E-state index in [2.05, 4.69) is 29.2 Å². The van der Waals surface area contributed by atoms with E-state index >= 15 is 0 Å². The average molecular weight is 999 g/mol. The summed E-state index contributed by atoms with van der Waals surface area (Å²) in [6.07, 6.45) is 8.51. The van der Waals surface area contributed by atoms with Crippen LogP contribution in [0.4, 0.5) is 11.4 Å². The molecule has 10 rings (SSSR count). The second kappa shape index (κ2) is 21.3. The number of para-hydroxylation sites is 2. The van der Waals surface area contributed by atoms with Gasteiger partial charge in [0.2, 0.25) is 0 Å². The molecule has 364 valence electrons. The molecular weight excluding hydrogens is 945 g/mol. The largest absolute Gasteiger partial charge is 0.394 e. The number of nitrogens with one attached hydrogen (secondary N) is 2. The van der Waals surface area contributed by atoms with E-state index in [1.807, 2.05) is 34.1 Å². The molecule has 2 aromatic heterocycles. The smallest absolute Gasteiger partial charge is 0.336 e. The van der Waals surface area contributed by atoms with Gasteiger partial charge in [-0.1, -0.05) is 36.4 Å². The SMILES string of the molecule is O=C(c1ccc(NS(=O)(=O)c2cccc3cccnc23)cc1)N1CCN(CC2CC2)CC1.O=C(c1ccc(NS(=O)(=O)c2cccc3cccnc23)cc1)N1CCN(CC2CC2)CC1.O=S(=O)(O)O. The average Bonchev–Trinajstić information content (AvgIpc) is 4.30. The molecule has 4 aromatic carbocycles. The van der Waals surface area contributed by atoms with Crippen molar-refractivity contribution in [2.75, 3.05) is 74.9 Å². The minimum Gasteiger partial charge on any atom is -0.336 e. The Morgan fingerprint density at radius 2 is 0.826 bits per heavy atom. The molecule has 4 fully saturated rings. The van der Waals surface area contributed by atoms with Gasteiger partial charge in [-0.15, -0.1) is 0 Å². The number of rotatable bonds is 12. The molecule has 4 N–H and O–H groups in total. The third-order valence-electron chi connectivity index (χ3n) is 12.3. The number of benzene rings is 4. The maximum absolute atomic E-state index is 13.0. The monoisotopic (exact) mass is 998 g/mol. The fourth-order valence-corrected chi connectivity index (χ4v) is 10.8. The van der Waals surface area contributed by atoms with Crippen LogP contribution in [0.25, 0.3) is 21.8 Å². The fraction of sp³-hybridized carbons (Fsp3) is 0.333. The summed E-state index contributed by atoms with van der Waals surface area (Å²) in [5, 5.41) is 1.52. The van der Waals surface area contributed by atoms with Crippen LogP contribution < -0.4 is 9.44 Å². The summed E-state index contributed by atoms with van der Waals surface area (Å²) in [5.41, 5.74) is 2.79. The Balaban J connectivity index is 0.000000170. The Kier molecular flexibility index (Phi) is 15.2. The number of amides is 2. The molecule has 2 saturated heterocycles. The number of fused-ring (bicyclic) bond motifs is 2. The van der Waals surface area contributed by atoms with Gasteiger partial charge in [-0.05, 0) is 110 Å². The number of carbonyl (C=O) groups excluding carboxylic acids is 2. The van der Waals surface area contributed by atoms with Gasteiger partial charge in [0, 0.05) is 111 Å². The molecular formula is C48H54N8O10S3. The van der Waals surface area contributed by atoms with Crippen LogP contribution in [0, 0.1) is 11.8 Å². The van der Waals surface area contributed by atoms with Gasteiger partial charge in [0.1, 0.15) is 9.79 Å². The number of nitrogens with zero attached hydrogens (tertiary/aromatic N) is 6. The number of piperazine rings is 2. The van der Waals surface area contributed by atoms with Crippen molar-refractivity contribution in [3.05, 3.63) is 133 Å². The molecule has 69 heavy (non-hydrogen) atoms. The van der Waals surface area contributed by atoms with E-state index in [0.29, 0.717) is 33.5 Å². The summed E-state index contributed by atoms with van der Waals surface area (Å²) in [6.45, 7) is 8.90. The molecule has 18 nitrogen and oxygen atoms in total. The summed E-state index contributed by atoms with van der Waals surface area (Å²) in [5.74, 6) is 1.70. The summed E-state index contributed by atoms with van der Waals surface area (Å²) in [4.78, 5) is 43.1. The first-order chi connectivity index (χ1) is 33.0. The van der Waals surface area contributed by atoms with Gasteiger partial charge >= 0.3 is 10.4 Å². The van der Waals surface area contributed by atoms with Gasteiger partial charge in [-0.3, -0.25) is 47.9 Å². The lowest BCUT2D eigenvalue weighted by Gasteiger charge is -2.34. The fourth-order valence-electron chi connectivity index (χ4n) is 8.33. The number of pyridine rings is 2. The van der Waals surface area contributed by atoms with E-state index in [9.17, 15) is 26.4 Å². The van der Waals surface area contributed by atoms with Crippen LogP contribution in [0.3, 0.4) is 0 Å². The van der Waals surface area contributed by atoms with Crippen LogP contribution in [-0.2, 0) is 30.4 Å². The maximum Gasteiger partial charge on any atom is 0.394 e. The van der Waals surface area contributed by atoms with Crippen LogP contribution in [0.1, 0.15) is 46.4 Å². The number of aromatic nitrogens is 2. The molecule has 2 amide bonds. The highest BCUT2D eigenvalue weighted by Gasteiger charge is 2.30. The third-order valence-corrected chi connectivity index (χ3v) is 15.1. The highest BCUT2D eigenvalue weighted by atomic mass is 32.3. The summed E-state index contributed by atoms with van der Waals surface area (Å²) < 4.78 is 88.6. The molecule has 4 heterocycles. The first kappa shape index (κ1) is 49.4. The van der Waals surface area contributed by atoms with Crippen LogP contribution in [-0.4, -0.2) is 141 Å². The maximum atomic E-state index is 13.0. The van der Waals surface area contributed by atoms with E-state index in [0.717, 1.165) is 88.1 Å². The van der Waals surface area contributed by atoms with Crippen LogP contribution in [0.15, 0.2) is 131 Å². The predicted octanol–water partition coefficient (Wildman–Crippen LogP) is 5.75. The Hall–Kier alpha value is -6.07. The van der Waals surface area contributed by atoms with E-state index in [-0.39, 0.29) is 21.6 Å². The lowest BCUT2D eigenvalue weighted by Crippen LogP contribution is -2.49. The zero-order valence-corrected chi connectivity index (χ0v) is 40.1. The van der Waals surface area contributed by atoms with Crippen molar-refractivity contribution < 1.29 is 43.9 Å². The van der Waals surface area contributed by atoms with E-state index in [4.69, 9.17) is 17.5 Å². The van der Waals surface area contributed by atoms with Crippen molar-refractivity contribution in [1.82, 2.24) is 29.6 Å². The van der Waals surface area contributed by atoms with Crippen molar-refractivity contribution in [2.45, 2.75) is 35.5 Å². The Morgan fingerprint density at radius 3 is 1.16 bits per heavy atom. The summed E-state index contributed by atoms with van der Waals surface area (Å²) in [6, 6.07) is 30.6. The second-order valence-corrected chi connectivity index (χ2v) is 21.7. The number of anilines is 2. The molecule has 21 heteroatoms. The lowest BCUT2D eigenvalue weighted by atomic mass is 10.1. The van der Waals surface area contributed by atoms with Crippen molar-refractivity contribution in [3.63, 3.8) is 0 Å². The molecule has 2 aliphatic heterocycles. The molecule has 6 aromatic rings. The number of hydrogen-bond acceptors (Lipinski definition) is 12. The Morgan fingerprint density at radius 1 is 0.493 bits per heavy atom. The molecule has 4 aliphatic rings. The molecule has 0 unspecified atom stereocenters. The van der Waals surface area contributed by atoms with E-state index in [1.165, 1.54) is 25.7 Å².